The summed E-state index contributed by atoms with van der Waals surface area (Å²) in [6.07, 6.45) is 0. The quantitative estimate of drug-likeness (QED) is 0.844. The molecule has 1 amide bonds. The van der Waals surface area contributed by atoms with Crippen molar-refractivity contribution < 1.29 is 17.4 Å². The number of amides is 1. The van der Waals surface area contributed by atoms with Crippen LogP contribution in [-0.2, 0) is 14.9 Å². The highest BCUT2D eigenvalue weighted by atomic mass is 35.5. The van der Waals surface area contributed by atoms with Crippen molar-refractivity contribution in [3.63, 3.8) is 0 Å². The third-order valence-electron chi connectivity index (χ3n) is 2.58. The molecule has 0 bridgehead atoms. The summed E-state index contributed by atoms with van der Waals surface area (Å²) in [5.41, 5.74) is 0.479. The van der Waals surface area contributed by atoms with Gasteiger partial charge in [0, 0.05) is 12.6 Å². The van der Waals surface area contributed by atoms with Gasteiger partial charge in [-0.15, -0.1) is 0 Å². The topological polar surface area (TPSA) is 72.5 Å². The van der Waals surface area contributed by atoms with Crippen LogP contribution in [0.15, 0.2) is 47.4 Å². The van der Waals surface area contributed by atoms with Crippen molar-refractivity contribution in [1.29, 1.82) is 0 Å². The van der Waals surface area contributed by atoms with Crippen LogP contribution >= 0.6 is 23.2 Å². The molecule has 2 aromatic carbocycles. The van der Waals surface area contributed by atoms with Crippen LogP contribution in [0.1, 0.15) is 6.92 Å². The second-order valence-electron chi connectivity index (χ2n) is 4.29. The number of carbonyl (C=O) groups is 1. The lowest BCUT2D eigenvalue weighted by Crippen LogP contribution is -2.11. The number of hydrogen-bond donors (Lipinski definition) is 1. The molecule has 0 aromatic heterocycles. The van der Waals surface area contributed by atoms with E-state index in [0.717, 1.165) is 0 Å². The van der Waals surface area contributed by atoms with E-state index in [0.29, 0.717) is 5.69 Å². The zero-order valence-electron chi connectivity index (χ0n) is 11.3. The maximum atomic E-state index is 12.2. The van der Waals surface area contributed by atoms with Gasteiger partial charge in [-0.2, -0.15) is 8.42 Å². The minimum atomic E-state index is -4.05. The molecule has 0 radical (unpaired) electrons. The number of nitrogens with one attached hydrogen (secondary N) is 1. The molecular formula is C14H11Cl2NO4S. The Kier molecular flexibility index (Phi) is 4.95. The van der Waals surface area contributed by atoms with Gasteiger partial charge in [0.2, 0.25) is 5.91 Å². The van der Waals surface area contributed by atoms with Crippen LogP contribution in [0.5, 0.6) is 5.75 Å². The second-order valence-corrected chi connectivity index (χ2v) is 6.63. The monoisotopic (exact) mass is 359 g/mol. The van der Waals surface area contributed by atoms with E-state index in [4.69, 9.17) is 27.4 Å². The van der Waals surface area contributed by atoms with Crippen molar-refractivity contribution in [2.24, 2.45) is 0 Å². The van der Waals surface area contributed by atoms with Crippen molar-refractivity contribution in [3.05, 3.63) is 52.5 Å². The van der Waals surface area contributed by atoms with E-state index < -0.39 is 10.1 Å². The van der Waals surface area contributed by atoms with E-state index >= 15 is 0 Å². The molecule has 0 aliphatic rings. The molecule has 1 N–H and O–H groups in total. The predicted molar refractivity (Wildman–Crippen MR) is 85.0 cm³/mol. The van der Waals surface area contributed by atoms with E-state index in [2.05, 4.69) is 5.32 Å². The molecule has 116 valence electrons. The fourth-order valence-electron chi connectivity index (χ4n) is 1.62. The molecule has 2 rings (SSSR count). The van der Waals surface area contributed by atoms with Gasteiger partial charge in [-0.05, 0) is 36.4 Å². The van der Waals surface area contributed by atoms with Crippen LogP contribution in [0.2, 0.25) is 10.0 Å². The third-order valence-corrected chi connectivity index (χ3v) is 4.63. The highest BCUT2D eigenvalue weighted by Crippen LogP contribution is 2.33. The lowest BCUT2D eigenvalue weighted by Gasteiger charge is -2.09. The highest BCUT2D eigenvalue weighted by Gasteiger charge is 2.19. The zero-order chi connectivity index (χ0) is 16.3. The molecule has 0 heterocycles. The van der Waals surface area contributed by atoms with Crippen molar-refractivity contribution in [3.8, 4) is 5.75 Å². The summed E-state index contributed by atoms with van der Waals surface area (Å²) in [4.78, 5) is 10.9. The summed E-state index contributed by atoms with van der Waals surface area (Å²) in [6, 6.07) is 9.99. The fraction of sp³-hybridized carbons (Fsp3) is 0.0714. The van der Waals surface area contributed by atoms with Crippen LogP contribution in [0, 0.1) is 0 Å². The molecule has 0 fully saturated rings. The standard InChI is InChI=1S/C14H11Cl2NO4S/c1-9(18)17-10-5-7-11(8-6-10)22(19,20)21-13-4-2-3-12(15)14(13)16/h2-8H,1H3,(H,17,18). The first-order chi connectivity index (χ1) is 10.3. The Morgan fingerprint density at radius 2 is 1.73 bits per heavy atom. The Balaban J connectivity index is 2.27. The lowest BCUT2D eigenvalue weighted by molar-refractivity contribution is -0.114. The Morgan fingerprint density at radius 1 is 1.09 bits per heavy atom. The minimum Gasteiger partial charge on any atom is -0.377 e. The van der Waals surface area contributed by atoms with E-state index in [1.165, 1.54) is 49.4 Å². The first kappa shape index (κ1) is 16.6. The zero-order valence-corrected chi connectivity index (χ0v) is 13.7. The Bertz CT molecular complexity index is 804. The third kappa shape index (κ3) is 3.91. The highest BCUT2D eigenvalue weighted by molar-refractivity contribution is 7.87. The Labute approximate surface area is 137 Å². The van der Waals surface area contributed by atoms with Gasteiger partial charge in [-0.3, -0.25) is 4.79 Å². The van der Waals surface area contributed by atoms with Gasteiger partial charge in [0.05, 0.1) is 5.02 Å². The molecule has 0 saturated carbocycles. The van der Waals surface area contributed by atoms with Crippen molar-refractivity contribution in [1.82, 2.24) is 0 Å². The first-order valence-electron chi connectivity index (χ1n) is 6.06. The van der Waals surface area contributed by atoms with Gasteiger partial charge in [0.15, 0.2) is 5.75 Å². The Hall–Kier alpha value is -1.76. The summed E-state index contributed by atoms with van der Waals surface area (Å²) in [5.74, 6) is -0.308. The lowest BCUT2D eigenvalue weighted by atomic mass is 10.3. The molecule has 5 nitrogen and oxygen atoms in total. The van der Waals surface area contributed by atoms with E-state index in [-0.39, 0.29) is 26.6 Å². The summed E-state index contributed by atoms with van der Waals surface area (Å²) in [6.45, 7) is 1.36. The first-order valence-corrected chi connectivity index (χ1v) is 8.22. The largest absolute Gasteiger partial charge is 0.377 e. The Morgan fingerprint density at radius 3 is 2.32 bits per heavy atom. The van der Waals surface area contributed by atoms with Gasteiger partial charge in [-0.25, -0.2) is 0 Å². The normalized spacial score (nSPS) is 11.0. The maximum absolute atomic E-state index is 12.2. The van der Waals surface area contributed by atoms with Crippen LogP contribution in [0.3, 0.4) is 0 Å². The number of hydrogen-bond acceptors (Lipinski definition) is 4. The maximum Gasteiger partial charge on any atom is 0.339 e. The van der Waals surface area contributed by atoms with Crippen molar-refractivity contribution in [2.75, 3.05) is 5.32 Å². The summed E-state index contributed by atoms with van der Waals surface area (Å²) in [7, 11) is -4.05. The van der Waals surface area contributed by atoms with Gasteiger partial charge >= 0.3 is 10.1 Å². The summed E-state index contributed by atoms with van der Waals surface area (Å²) >= 11 is 11.7. The average Bonchev–Trinajstić information content (AvgIpc) is 2.44. The van der Waals surface area contributed by atoms with Crippen LogP contribution in [0.4, 0.5) is 5.69 Å². The van der Waals surface area contributed by atoms with Gasteiger partial charge in [-0.1, -0.05) is 29.3 Å². The van der Waals surface area contributed by atoms with Crippen LogP contribution in [-0.4, -0.2) is 14.3 Å². The van der Waals surface area contributed by atoms with E-state index in [1.54, 1.807) is 0 Å². The molecule has 0 spiro atoms. The van der Waals surface area contributed by atoms with E-state index in [9.17, 15) is 13.2 Å². The molecule has 0 aliphatic heterocycles. The number of halogens is 2. The van der Waals surface area contributed by atoms with Gasteiger partial charge in [0.1, 0.15) is 9.92 Å². The minimum absolute atomic E-state index is 0.0163. The summed E-state index contributed by atoms with van der Waals surface area (Å²) in [5, 5.41) is 2.74. The predicted octanol–water partition coefficient (Wildman–Crippen LogP) is 3.72. The van der Waals surface area contributed by atoms with Gasteiger partial charge in [0.25, 0.3) is 0 Å². The molecule has 22 heavy (non-hydrogen) atoms. The number of anilines is 1. The summed E-state index contributed by atoms with van der Waals surface area (Å²) < 4.78 is 29.4. The fourth-order valence-corrected chi connectivity index (χ4v) is 2.94. The van der Waals surface area contributed by atoms with Crippen molar-refractivity contribution >= 4 is 44.9 Å². The second kappa shape index (κ2) is 6.56. The molecule has 0 atom stereocenters. The molecule has 0 saturated heterocycles. The number of rotatable bonds is 4. The number of carbonyl (C=O) groups excluding carboxylic acids is 1. The average molecular weight is 360 g/mol. The molecule has 2 aromatic rings. The molecule has 0 aliphatic carbocycles. The molecule has 8 heteroatoms. The van der Waals surface area contributed by atoms with Gasteiger partial charge < -0.3 is 9.50 Å². The smallest absolute Gasteiger partial charge is 0.339 e. The van der Waals surface area contributed by atoms with Crippen LogP contribution < -0.4 is 9.50 Å². The molecular weight excluding hydrogens is 349 g/mol. The molecule has 0 unspecified atom stereocenters. The van der Waals surface area contributed by atoms with Crippen LogP contribution in [0.25, 0.3) is 0 Å². The van der Waals surface area contributed by atoms with Crippen molar-refractivity contribution in [2.45, 2.75) is 11.8 Å². The SMILES string of the molecule is CC(=O)Nc1ccc(S(=O)(=O)Oc2cccc(Cl)c2Cl)cc1. The number of benzene rings is 2. The van der Waals surface area contributed by atoms with E-state index in [1.807, 2.05) is 0 Å².